The molecule has 4 nitrogen and oxygen atoms in total. The molecule has 1 unspecified atom stereocenters. The fourth-order valence-electron chi connectivity index (χ4n) is 2.40. The zero-order valence-electron chi connectivity index (χ0n) is 13.4. The third-order valence-corrected chi connectivity index (χ3v) is 3.80. The van der Waals surface area contributed by atoms with Crippen LogP contribution in [-0.2, 0) is 6.54 Å². The van der Waals surface area contributed by atoms with Crippen molar-refractivity contribution in [2.24, 2.45) is 5.41 Å². The van der Waals surface area contributed by atoms with Crippen molar-refractivity contribution in [3.8, 4) is 0 Å². The van der Waals surface area contributed by atoms with Gasteiger partial charge >= 0.3 is 0 Å². The molecule has 0 bridgehead atoms. The maximum absolute atomic E-state index is 12.6. The Labute approximate surface area is 126 Å². The Bertz CT molecular complexity index is 655. The van der Waals surface area contributed by atoms with E-state index in [0.717, 1.165) is 18.5 Å². The highest BCUT2D eigenvalue weighted by Gasteiger charge is 2.24. The second kappa shape index (κ2) is 6.39. The Balaban J connectivity index is 2.32. The van der Waals surface area contributed by atoms with Crippen LogP contribution in [-0.4, -0.2) is 22.1 Å². The zero-order chi connectivity index (χ0) is 15.5. The van der Waals surface area contributed by atoms with E-state index in [-0.39, 0.29) is 17.0 Å². The first kappa shape index (κ1) is 15.7. The molecule has 0 spiro atoms. The second-order valence-electron chi connectivity index (χ2n) is 6.59. The van der Waals surface area contributed by atoms with Crippen molar-refractivity contribution in [2.45, 2.75) is 46.7 Å². The monoisotopic (exact) mass is 287 g/mol. The van der Waals surface area contributed by atoms with E-state index in [1.165, 1.54) is 0 Å². The minimum atomic E-state index is 0.0353. The van der Waals surface area contributed by atoms with Gasteiger partial charge in [0.1, 0.15) is 0 Å². The predicted molar refractivity (Wildman–Crippen MR) is 87.5 cm³/mol. The molecule has 0 aliphatic heterocycles. The topological polar surface area (TPSA) is 46.9 Å². The van der Waals surface area contributed by atoms with Gasteiger partial charge in [-0.05, 0) is 30.5 Å². The van der Waals surface area contributed by atoms with Crippen LogP contribution in [0.15, 0.2) is 35.4 Å². The fourth-order valence-corrected chi connectivity index (χ4v) is 2.40. The van der Waals surface area contributed by atoms with Crippen molar-refractivity contribution in [1.29, 1.82) is 0 Å². The number of hydrogen-bond acceptors (Lipinski definition) is 3. The van der Waals surface area contributed by atoms with Crippen LogP contribution in [0.1, 0.15) is 34.1 Å². The van der Waals surface area contributed by atoms with Crippen LogP contribution in [0.4, 0.5) is 0 Å². The molecule has 1 aromatic carbocycles. The van der Waals surface area contributed by atoms with Gasteiger partial charge < -0.3 is 5.32 Å². The number of rotatable bonds is 5. The van der Waals surface area contributed by atoms with Gasteiger partial charge in [0.25, 0.3) is 5.56 Å². The summed E-state index contributed by atoms with van der Waals surface area (Å²) in [6.07, 6.45) is 2.74. The molecule has 2 aromatic rings. The normalized spacial score (nSPS) is 13.5. The summed E-state index contributed by atoms with van der Waals surface area (Å²) in [5.74, 6) is 0. The highest BCUT2D eigenvalue weighted by molar-refractivity contribution is 5.76. The average molecular weight is 287 g/mol. The van der Waals surface area contributed by atoms with Crippen molar-refractivity contribution in [1.82, 2.24) is 14.9 Å². The number of para-hydroxylation sites is 1. The Morgan fingerprint density at radius 1 is 1.29 bits per heavy atom. The molecule has 21 heavy (non-hydrogen) atoms. The number of hydrogen-bond donors (Lipinski definition) is 1. The van der Waals surface area contributed by atoms with Crippen LogP contribution in [0.25, 0.3) is 10.9 Å². The molecule has 1 heterocycles. The van der Waals surface area contributed by atoms with E-state index in [9.17, 15) is 4.79 Å². The quantitative estimate of drug-likeness (QED) is 0.920. The average Bonchev–Trinajstić information content (AvgIpc) is 2.44. The van der Waals surface area contributed by atoms with E-state index in [1.807, 2.05) is 24.3 Å². The van der Waals surface area contributed by atoms with E-state index in [0.29, 0.717) is 11.9 Å². The standard InChI is InChI=1S/C17H25N3O/c1-5-10-18-15(17(2,3)4)11-20-12-19-14-9-7-6-8-13(14)16(20)21/h6-9,12,15,18H,5,10-11H2,1-4H3. The lowest BCUT2D eigenvalue weighted by molar-refractivity contribution is 0.240. The minimum Gasteiger partial charge on any atom is -0.312 e. The molecule has 1 N–H and O–H groups in total. The Morgan fingerprint density at radius 2 is 2.00 bits per heavy atom. The van der Waals surface area contributed by atoms with Crippen LogP contribution >= 0.6 is 0 Å². The predicted octanol–water partition coefficient (Wildman–Crippen LogP) is 2.81. The first-order valence-corrected chi connectivity index (χ1v) is 7.61. The molecule has 2 rings (SSSR count). The van der Waals surface area contributed by atoms with E-state index < -0.39 is 0 Å². The van der Waals surface area contributed by atoms with Crippen LogP contribution in [0, 0.1) is 5.41 Å². The lowest BCUT2D eigenvalue weighted by Crippen LogP contribution is -2.45. The van der Waals surface area contributed by atoms with Gasteiger partial charge in [0.15, 0.2) is 0 Å². The SMILES string of the molecule is CCCNC(Cn1cnc2ccccc2c1=O)C(C)(C)C. The summed E-state index contributed by atoms with van der Waals surface area (Å²) in [4.78, 5) is 17.0. The molecule has 1 aromatic heterocycles. The van der Waals surface area contributed by atoms with Crippen molar-refractivity contribution in [2.75, 3.05) is 6.54 Å². The van der Waals surface area contributed by atoms with Gasteiger partial charge in [-0.2, -0.15) is 0 Å². The Kier molecular flexibility index (Phi) is 4.78. The number of benzene rings is 1. The summed E-state index contributed by atoms with van der Waals surface area (Å²) in [5.41, 5.74) is 0.876. The third kappa shape index (κ3) is 3.70. The Morgan fingerprint density at radius 3 is 2.67 bits per heavy atom. The molecule has 0 saturated heterocycles. The van der Waals surface area contributed by atoms with Crippen LogP contribution in [0.2, 0.25) is 0 Å². The van der Waals surface area contributed by atoms with Crippen molar-refractivity contribution >= 4 is 10.9 Å². The van der Waals surface area contributed by atoms with Crippen LogP contribution in [0.3, 0.4) is 0 Å². The number of nitrogens with zero attached hydrogens (tertiary/aromatic N) is 2. The molecule has 4 heteroatoms. The van der Waals surface area contributed by atoms with E-state index in [2.05, 4.69) is 38.0 Å². The summed E-state index contributed by atoms with van der Waals surface area (Å²) in [6, 6.07) is 7.73. The first-order chi connectivity index (χ1) is 9.93. The van der Waals surface area contributed by atoms with Gasteiger partial charge in [-0.1, -0.05) is 39.8 Å². The molecule has 0 aliphatic carbocycles. The fraction of sp³-hybridized carbons (Fsp3) is 0.529. The lowest BCUT2D eigenvalue weighted by Gasteiger charge is -2.32. The smallest absolute Gasteiger partial charge is 0.261 e. The highest BCUT2D eigenvalue weighted by atomic mass is 16.1. The summed E-state index contributed by atoms with van der Waals surface area (Å²) < 4.78 is 1.72. The molecular formula is C17H25N3O. The molecule has 0 amide bonds. The molecule has 0 aliphatic rings. The molecule has 1 atom stereocenters. The summed E-state index contributed by atoms with van der Waals surface area (Å²) >= 11 is 0. The van der Waals surface area contributed by atoms with E-state index >= 15 is 0 Å². The molecule has 0 radical (unpaired) electrons. The van der Waals surface area contributed by atoms with Gasteiger partial charge in [-0.3, -0.25) is 9.36 Å². The number of nitrogens with one attached hydrogen (secondary N) is 1. The van der Waals surface area contributed by atoms with Crippen molar-refractivity contribution in [3.05, 3.63) is 40.9 Å². The second-order valence-corrected chi connectivity index (χ2v) is 6.59. The van der Waals surface area contributed by atoms with Crippen LogP contribution < -0.4 is 10.9 Å². The highest BCUT2D eigenvalue weighted by Crippen LogP contribution is 2.20. The molecule has 0 saturated carbocycles. The lowest BCUT2D eigenvalue weighted by atomic mass is 9.86. The minimum absolute atomic E-state index is 0.0353. The largest absolute Gasteiger partial charge is 0.312 e. The third-order valence-electron chi connectivity index (χ3n) is 3.80. The maximum Gasteiger partial charge on any atom is 0.261 e. The zero-order valence-corrected chi connectivity index (χ0v) is 13.4. The van der Waals surface area contributed by atoms with Crippen molar-refractivity contribution in [3.63, 3.8) is 0 Å². The van der Waals surface area contributed by atoms with Gasteiger partial charge in [0, 0.05) is 12.6 Å². The Hall–Kier alpha value is -1.68. The maximum atomic E-state index is 12.6. The molecule has 114 valence electrons. The summed E-state index contributed by atoms with van der Waals surface area (Å²) in [7, 11) is 0. The van der Waals surface area contributed by atoms with Gasteiger partial charge in [0.2, 0.25) is 0 Å². The van der Waals surface area contributed by atoms with E-state index in [1.54, 1.807) is 10.9 Å². The molecular weight excluding hydrogens is 262 g/mol. The number of aromatic nitrogens is 2. The summed E-state index contributed by atoms with van der Waals surface area (Å²) in [5, 5.41) is 4.23. The first-order valence-electron chi connectivity index (χ1n) is 7.61. The molecule has 0 fully saturated rings. The summed E-state index contributed by atoms with van der Waals surface area (Å²) in [6.45, 7) is 10.3. The number of fused-ring (bicyclic) bond motifs is 1. The van der Waals surface area contributed by atoms with Crippen LogP contribution in [0.5, 0.6) is 0 Å². The van der Waals surface area contributed by atoms with Gasteiger partial charge in [-0.15, -0.1) is 0 Å². The van der Waals surface area contributed by atoms with E-state index in [4.69, 9.17) is 0 Å². The van der Waals surface area contributed by atoms with Gasteiger partial charge in [-0.25, -0.2) is 4.98 Å². The van der Waals surface area contributed by atoms with Gasteiger partial charge in [0.05, 0.1) is 17.2 Å². The van der Waals surface area contributed by atoms with Crippen molar-refractivity contribution < 1.29 is 0 Å².